The van der Waals surface area contributed by atoms with Crippen molar-refractivity contribution < 1.29 is 4.79 Å². The van der Waals surface area contributed by atoms with Gasteiger partial charge in [-0.2, -0.15) is 0 Å². The molecule has 2 aliphatic rings. The number of carbonyl (C=O) groups is 1. The summed E-state index contributed by atoms with van der Waals surface area (Å²) in [5.74, 6) is 0. The fourth-order valence-corrected chi connectivity index (χ4v) is 5.26. The summed E-state index contributed by atoms with van der Waals surface area (Å²) in [5, 5.41) is 13.8. The van der Waals surface area contributed by atoms with Gasteiger partial charge in [0.2, 0.25) is 0 Å². The van der Waals surface area contributed by atoms with E-state index in [1.54, 1.807) is 0 Å². The number of rotatable bonds is 2. The summed E-state index contributed by atoms with van der Waals surface area (Å²) in [6.07, 6.45) is 3.81. The van der Waals surface area contributed by atoms with Crippen LogP contribution in [0.2, 0.25) is 0 Å². The number of amides is 2. The zero-order valence-corrected chi connectivity index (χ0v) is 16.9. The highest BCUT2D eigenvalue weighted by molar-refractivity contribution is 5.74. The van der Waals surface area contributed by atoms with Gasteiger partial charge in [0, 0.05) is 34.2 Å². The van der Waals surface area contributed by atoms with Gasteiger partial charge in [0.15, 0.2) is 0 Å². The molecule has 0 aromatic rings. The van der Waals surface area contributed by atoms with Gasteiger partial charge in [-0.1, -0.05) is 0 Å². The minimum Gasteiger partial charge on any atom is -0.335 e. The summed E-state index contributed by atoms with van der Waals surface area (Å²) in [6, 6.07) is 0.393. The predicted molar refractivity (Wildman–Crippen MR) is 100 cm³/mol. The van der Waals surface area contributed by atoms with E-state index < -0.39 is 0 Å². The molecule has 2 amide bonds. The molecule has 0 unspecified atom stereocenters. The quantitative estimate of drug-likeness (QED) is 0.626. The maximum absolute atomic E-state index is 12.6. The van der Waals surface area contributed by atoms with Crippen molar-refractivity contribution in [3.8, 4) is 0 Å². The Morgan fingerprint density at radius 1 is 0.667 bits per heavy atom. The molecular formula is C19H38N4O. The summed E-state index contributed by atoms with van der Waals surface area (Å²) in [4.78, 5) is 12.6. The van der Waals surface area contributed by atoms with Crippen molar-refractivity contribution in [3.63, 3.8) is 0 Å². The molecule has 24 heavy (non-hydrogen) atoms. The molecule has 2 rings (SSSR count). The second-order valence-electron chi connectivity index (χ2n) is 10.6. The van der Waals surface area contributed by atoms with Gasteiger partial charge < -0.3 is 21.3 Å². The van der Waals surface area contributed by atoms with E-state index in [9.17, 15) is 4.79 Å². The van der Waals surface area contributed by atoms with E-state index >= 15 is 0 Å². The summed E-state index contributed by atoms with van der Waals surface area (Å²) >= 11 is 0. The summed E-state index contributed by atoms with van der Waals surface area (Å²) in [6.45, 7) is 17.7. The lowest BCUT2D eigenvalue weighted by atomic mass is 9.79. The highest BCUT2D eigenvalue weighted by atomic mass is 16.2. The summed E-state index contributed by atoms with van der Waals surface area (Å²) in [5.41, 5.74) is 0.160. The van der Waals surface area contributed by atoms with E-state index in [1.807, 2.05) is 0 Å². The van der Waals surface area contributed by atoms with Crippen molar-refractivity contribution in [2.24, 2.45) is 0 Å². The number of urea groups is 1. The average molecular weight is 339 g/mol. The SMILES string of the molecule is CC1(C)CC(NC(=O)NC2CC(C)(C)NC(C)(C)C2)CC(C)(C)N1. The first-order chi connectivity index (χ1) is 10.7. The molecule has 4 N–H and O–H groups in total. The second-order valence-corrected chi connectivity index (χ2v) is 10.6. The van der Waals surface area contributed by atoms with E-state index in [0.29, 0.717) is 0 Å². The van der Waals surface area contributed by atoms with Crippen LogP contribution in [-0.4, -0.2) is 40.3 Å². The van der Waals surface area contributed by atoms with E-state index in [2.05, 4.69) is 76.7 Å². The molecule has 0 radical (unpaired) electrons. The molecule has 2 heterocycles. The highest BCUT2D eigenvalue weighted by Gasteiger charge is 2.40. The maximum atomic E-state index is 12.6. The molecule has 0 aromatic carbocycles. The maximum Gasteiger partial charge on any atom is 0.315 e. The fourth-order valence-electron chi connectivity index (χ4n) is 5.26. The van der Waals surface area contributed by atoms with Crippen LogP contribution >= 0.6 is 0 Å². The topological polar surface area (TPSA) is 65.2 Å². The molecule has 0 atom stereocenters. The number of nitrogens with one attached hydrogen (secondary N) is 4. The van der Waals surface area contributed by atoms with Crippen molar-refractivity contribution >= 4 is 6.03 Å². The lowest BCUT2D eigenvalue weighted by Gasteiger charge is -2.47. The highest BCUT2D eigenvalue weighted by Crippen LogP contribution is 2.30. The van der Waals surface area contributed by atoms with Crippen molar-refractivity contribution in [3.05, 3.63) is 0 Å². The van der Waals surface area contributed by atoms with Crippen molar-refractivity contribution in [2.75, 3.05) is 0 Å². The van der Waals surface area contributed by atoms with E-state index in [4.69, 9.17) is 0 Å². The van der Waals surface area contributed by atoms with Crippen LogP contribution in [0.15, 0.2) is 0 Å². The van der Waals surface area contributed by atoms with E-state index in [0.717, 1.165) is 25.7 Å². The third kappa shape index (κ3) is 5.62. The molecular weight excluding hydrogens is 300 g/mol. The van der Waals surface area contributed by atoms with Gasteiger partial charge in [0.1, 0.15) is 0 Å². The van der Waals surface area contributed by atoms with Crippen LogP contribution < -0.4 is 21.3 Å². The molecule has 2 fully saturated rings. The first-order valence-corrected chi connectivity index (χ1v) is 9.33. The molecule has 5 nitrogen and oxygen atoms in total. The average Bonchev–Trinajstić information content (AvgIpc) is 2.17. The van der Waals surface area contributed by atoms with Gasteiger partial charge in [-0.3, -0.25) is 0 Å². The summed E-state index contributed by atoms with van der Waals surface area (Å²) in [7, 11) is 0. The van der Waals surface area contributed by atoms with Crippen LogP contribution in [0.1, 0.15) is 81.1 Å². The Balaban J connectivity index is 1.93. The van der Waals surface area contributed by atoms with Gasteiger partial charge in [0.25, 0.3) is 0 Å². The number of piperidine rings is 2. The third-order valence-electron chi connectivity index (χ3n) is 5.05. The van der Waals surface area contributed by atoms with Gasteiger partial charge >= 0.3 is 6.03 Å². The lowest BCUT2D eigenvalue weighted by molar-refractivity contribution is 0.136. The normalized spacial score (nSPS) is 29.0. The monoisotopic (exact) mass is 338 g/mol. The fraction of sp³-hybridized carbons (Fsp3) is 0.947. The molecule has 0 aliphatic carbocycles. The minimum atomic E-state index is -0.0213. The number of hydrogen-bond donors (Lipinski definition) is 4. The molecule has 140 valence electrons. The largest absolute Gasteiger partial charge is 0.335 e. The molecule has 2 aliphatic heterocycles. The molecule has 5 heteroatoms. The smallest absolute Gasteiger partial charge is 0.315 e. The third-order valence-corrected chi connectivity index (χ3v) is 5.05. The van der Waals surface area contributed by atoms with Crippen LogP contribution in [0.5, 0.6) is 0 Å². The Bertz CT molecular complexity index is 408. The van der Waals surface area contributed by atoms with Gasteiger partial charge in [-0.15, -0.1) is 0 Å². The zero-order valence-electron chi connectivity index (χ0n) is 16.9. The van der Waals surface area contributed by atoms with Crippen LogP contribution in [0.3, 0.4) is 0 Å². The number of hydrogen-bond acceptors (Lipinski definition) is 3. The number of carbonyl (C=O) groups excluding carboxylic acids is 1. The molecule has 2 saturated heterocycles. The Hall–Kier alpha value is -0.810. The zero-order chi connectivity index (χ0) is 18.4. The van der Waals surface area contributed by atoms with Crippen LogP contribution in [0, 0.1) is 0 Å². The van der Waals surface area contributed by atoms with Crippen LogP contribution in [0.4, 0.5) is 4.79 Å². The summed E-state index contributed by atoms with van der Waals surface area (Å²) < 4.78 is 0. The second kappa shape index (κ2) is 6.17. The van der Waals surface area contributed by atoms with Crippen LogP contribution in [0.25, 0.3) is 0 Å². The Morgan fingerprint density at radius 2 is 0.917 bits per heavy atom. The van der Waals surface area contributed by atoms with Crippen molar-refractivity contribution in [2.45, 2.75) is 115 Å². The molecule has 0 bridgehead atoms. The lowest BCUT2D eigenvalue weighted by Crippen LogP contribution is -2.65. The first-order valence-electron chi connectivity index (χ1n) is 9.33. The Morgan fingerprint density at radius 3 is 1.17 bits per heavy atom. The van der Waals surface area contributed by atoms with Gasteiger partial charge in [-0.05, 0) is 81.1 Å². The standard InChI is InChI=1S/C19H38N4O/c1-16(2)9-13(10-17(3,4)22-16)20-15(24)21-14-11-18(5,6)23-19(7,8)12-14/h13-14,22-23H,9-12H2,1-8H3,(H2,20,21,24). The van der Waals surface area contributed by atoms with Crippen molar-refractivity contribution in [1.82, 2.24) is 21.3 Å². The minimum absolute atomic E-state index is 0.0213. The molecule has 0 spiro atoms. The first kappa shape index (κ1) is 19.5. The Kier molecular flexibility index (Phi) is 5.02. The van der Waals surface area contributed by atoms with E-state index in [-0.39, 0.29) is 40.3 Å². The van der Waals surface area contributed by atoms with Gasteiger partial charge in [-0.25, -0.2) is 4.79 Å². The Labute approximate surface area is 148 Å². The molecule has 0 saturated carbocycles. The molecule has 0 aromatic heterocycles. The van der Waals surface area contributed by atoms with Crippen LogP contribution in [-0.2, 0) is 0 Å². The van der Waals surface area contributed by atoms with Gasteiger partial charge in [0.05, 0.1) is 0 Å². The van der Waals surface area contributed by atoms with Crippen molar-refractivity contribution in [1.29, 1.82) is 0 Å². The van der Waals surface area contributed by atoms with E-state index in [1.165, 1.54) is 0 Å². The predicted octanol–water partition coefficient (Wildman–Crippen LogP) is 2.90.